The van der Waals surface area contributed by atoms with Crippen molar-refractivity contribution in [3.8, 4) is 5.75 Å². The highest BCUT2D eigenvalue weighted by Crippen LogP contribution is 2.29. The summed E-state index contributed by atoms with van der Waals surface area (Å²) in [4.78, 5) is 22.2. The quantitative estimate of drug-likeness (QED) is 0.779. The molecule has 1 amide bonds. The van der Waals surface area contributed by atoms with Gasteiger partial charge in [-0.25, -0.2) is 0 Å². The predicted molar refractivity (Wildman–Crippen MR) is 58.9 cm³/mol. The van der Waals surface area contributed by atoms with Crippen LogP contribution in [0.3, 0.4) is 0 Å². The van der Waals surface area contributed by atoms with E-state index in [0.717, 1.165) is 19.1 Å². The SMILES string of the molecule is CNC(=O)c1ccc(C=O)cc1OC1CC1. The van der Waals surface area contributed by atoms with E-state index in [1.165, 1.54) is 0 Å². The summed E-state index contributed by atoms with van der Waals surface area (Å²) in [5, 5.41) is 2.55. The molecule has 0 bridgehead atoms. The molecule has 1 aliphatic carbocycles. The summed E-state index contributed by atoms with van der Waals surface area (Å²) in [5.41, 5.74) is 0.989. The Kier molecular flexibility index (Phi) is 2.90. The van der Waals surface area contributed by atoms with Gasteiger partial charge in [0.1, 0.15) is 12.0 Å². The Balaban J connectivity index is 2.33. The van der Waals surface area contributed by atoms with Crippen LogP contribution in [0.5, 0.6) is 5.75 Å². The average Bonchev–Trinajstić information content (AvgIpc) is 3.12. The van der Waals surface area contributed by atoms with E-state index in [0.29, 0.717) is 16.9 Å². The smallest absolute Gasteiger partial charge is 0.254 e. The largest absolute Gasteiger partial charge is 0.490 e. The van der Waals surface area contributed by atoms with Gasteiger partial charge in [-0.1, -0.05) is 6.07 Å². The van der Waals surface area contributed by atoms with Gasteiger partial charge >= 0.3 is 0 Å². The zero-order valence-corrected chi connectivity index (χ0v) is 9.03. The molecule has 0 spiro atoms. The number of hydrogen-bond acceptors (Lipinski definition) is 3. The summed E-state index contributed by atoms with van der Waals surface area (Å²) in [6.45, 7) is 0. The third kappa shape index (κ3) is 2.21. The lowest BCUT2D eigenvalue weighted by Gasteiger charge is -2.10. The highest BCUT2D eigenvalue weighted by Gasteiger charge is 2.25. The van der Waals surface area contributed by atoms with Crippen LogP contribution in [-0.2, 0) is 0 Å². The molecule has 0 unspecified atom stereocenters. The van der Waals surface area contributed by atoms with E-state index in [1.807, 2.05) is 0 Å². The number of amides is 1. The van der Waals surface area contributed by atoms with Crippen LogP contribution in [0.25, 0.3) is 0 Å². The van der Waals surface area contributed by atoms with Gasteiger partial charge in [0.15, 0.2) is 0 Å². The first-order chi connectivity index (χ1) is 7.74. The minimum Gasteiger partial charge on any atom is -0.490 e. The van der Waals surface area contributed by atoms with Gasteiger partial charge in [0.05, 0.1) is 11.7 Å². The molecule has 4 nitrogen and oxygen atoms in total. The average molecular weight is 219 g/mol. The van der Waals surface area contributed by atoms with E-state index in [9.17, 15) is 9.59 Å². The second-order valence-corrected chi connectivity index (χ2v) is 3.77. The Hall–Kier alpha value is -1.84. The molecular formula is C12H13NO3. The minimum atomic E-state index is -0.201. The van der Waals surface area contributed by atoms with Crippen molar-refractivity contribution < 1.29 is 14.3 Å². The van der Waals surface area contributed by atoms with Crippen molar-refractivity contribution in [2.75, 3.05) is 7.05 Å². The van der Waals surface area contributed by atoms with Gasteiger partial charge in [-0.05, 0) is 25.0 Å². The summed E-state index contributed by atoms with van der Waals surface area (Å²) < 4.78 is 5.60. The molecule has 0 atom stereocenters. The van der Waals surface area contributed by atoms with E-state index in [1.54, 1.807) is 25.2 Å². The molecule has 16 heavy (non-hydrogen) atoms. The van der Waals surface area contributed by atoms with Gasteiger partial charge in [-0.2, -0.15) is 0 Å². The van der Waals surface area contributed by atoms with Crippen LogP contribution in [0.1, 0.15) is 33.6 Å². The van der Waals surface area contributed by atoms with Crippen LogP contribution in [0, 0.1) is 0 Å². The van der Waals surface area contributed by atoms with Crippen LogP contribution >= 0.6 is 0 Å². The maximum atomic E-state index is 11.6. The number of hydrogen-bond donors (Lipinski definition) is 1. The van der Waals surface area contributed by atoms with E-state index in [2.05, 4.69) is 5.32 Å². The predicted octanol–water partition coefficient (Wildman–Crippen LogP) is 1.40. The van der Waals surface area contributed by atoms with E-state index >= 15 is 0 Å². The first kappa shape index (κ1) is 10.7. The Morgan fingerprint density at radius 2 is 2.25 bits per heavy atom. The maximum absolute atomic E-state index is 11.6. The lowest BCUT2D eigenvalue weighted by atomic mass is 10.1. The number of rotatable bonds is 4. The molecule has 1 aromatic rings. The third-order valence-electron chi connectivity index (χ3n) is 2.43. The van der Waals surface area contributed by atoms with Gasteiger partial charge < -0.3 is 10.1 Å². The second-order valence-electron chi connectivity index (χ2n) is 3.77. The number of ether oxygens (including phenoxy) is 1. The van der Waals surface area contributed by atoms with Gasteiger partial charge in [0, 0.05) is 12.6 Å². The van der Waals surface area contributed by atoms with E-state index in [-0.39, 0.29) is 12.0 Å². The molecule has 1 aromatic carbocycles. The van der Waals surface area contributed by atoms with Crippen molar-refractivity contribution in [3.05, 3.63) is 29.3 Å². The Labute approximate surface area is 93.6 Å². The number of carbonyl (C=O) groups excluding carboxylic acids is 2. The fourth-order valence-corrected chi connectivity index (χ4v) is 1.40. The van der Waals surface area contributed by atoms with Crippen molar-refractivity contribution in [1.29, 1.82) is 0 Å². The van der Waals surface area contributed by atoms with Gasteiger partial charge in [0.25, 0.3) is 5.91 Å². The fraction of sp³-hybridized carbons (Fsp3) is 0.333. The maximum Gasteiger partial charge on any atom is 0.254 e. The number of aldehydes is 1. The Morgan fingerprint density at radius 1 is 1.50 bits per heavy atom. The highest BCUT2D eigenvalue weighted by molar-refractivity contribution is 5.97. The van der Waals surface area contributed by atoms with Crippen molar-refractivity contribution in [2.24, 2.45) is 0 Å². The summed E-state index contributed by atoms with van der Waals surface area (Å²) in [5.74, 6) is 0.291. The molecule has 1 fully saturated rings. The molecule has 2 rings (SSSR count). The molecule has 0 aromatic heterocycles. The van der Waals surface area contributed by atoms with Crippen LogP contribution in [0.4, 0.5) is 0 Å². The van der Waals surface area contributed by atoms with Crippen molar-refractivity contribution in [3.63, 3.8) is 0 Å². The van der Waals surface area contributed by atoms with E-state index in [4.69, 9.17) is 4.74 Å². The Morgan fingerprint density at radius 3 is 2.81 bits per heavy atom. The third-order valence-corrected chi connectivity index (χ3v) is 2.43. The molecule has 84 valence electrons. The molecule has 1 saturated carbocycles. The van der Waals surface area contributed by atoms with Crippen LogP contribution < -0.4 is 10.1 Å². The molecule has 0 aliphatic heterocycles. The zero-order valence-electron chi connectivity index (χ0n) is 9.03. The standard InChI is InChI=1S/C12H13NO3/c1-13-12(15)10-5-2-8(7-14)6-11(10)16-9-3-4-9/h2,5-7,9H,3-4H2,1H3,(H,13,15). The summed E-state index contributed by atoms with van der Waals surface area (Å²) in [6.07, 6.45) is 2.97. The molecule has 0 saturated heterocycles. The number of carbonyl (C=O) groups is 2. The minimum absolute atomic E-state index is 0.199. The van der Waals surface area contributed by atoms with Gasteiger partial charge in [0.2, 0.25) is 0 Å². The first-order valence-electron chi connectivity index (χ1n) is 5.22. The zero-order chi connectivity index (χ0) is 11.5. The molecular weight excluding hydrogens is 206 g/mol. The van der Waals surface area contributed by atoms with Crippen molar-refractivity contribution >= 4 is 12.2 Å². The van der Waals surface area contributed by atoms with Crippen molar-refractivity contribution in [1.82, 2.24) is 5.32 Å². The number of benzene rings is 1. The second kappa shape index (κ2) is 4.35. The number of nitrogens with one attached hydrogen (secondary N) is 1. The molecule has 4 heteroatoms. The monoisotopic (exact) mass is 219 g/mol. The molecule has 1 aliphatic rings. The molecule has 1 N–H and O–H groups in total. The summed E-state index contributed by atoms with van der Waals surface area (Å²) >= 11 is 0. The Bertz CT molecular complexity index is 424. The fourth-order valence-electron chi connectivity index (χ4n) is 1.40. The van der Waals surface area contributed by atoms with Gasteiger partial charge in [-0.3, -0.25) is 9.59 Å². The molecule has 0 heterocycles. The first-order valence-corrected chi connectivity index (χ1v) is 5.22. The highest BCUT2D eigenvalue weighted by atomic mass is 16.5. The topological polar surface area (TPSA) is 55.4 Å². The van der Waals surface area contributed by atoms with Crippen LogP contribution in [0.2, 0.25) is 0 Å². The summed E-state index contributed by atoms with van der Waals surface area (Å²) in [6, 6.07) is 4.83. The lowest BCUT2D eigenvalue weighted by molar-refractivity contribution is 0.0958. The van der Waals surface area contributed by atoms with E-state index < -0.39 is 0 Å². The van der Waals surface area contributed by atoms with Gasteiger partial charge in [-0.15, -0.1) is 0 Å². The normalized spacial score (nSPS) is 14.3. The van der Waals surface area contributed by atoms with Crippen molar-refractivity contribution in [2.45, 2.75) is 18.9 Å². The summed E-state index contributed by atoms with van der Waals surface area (Å²) in [7, 11) is 1.57. The van der Waals surface area contributed by atoms with Crippen LogP contribution in [-0.4, -0.2) is 25.3 Å². The van der Waals surface area contributed by atoms with Crippen LogP contribution in [0.15, 0.2) is 18.2 Å². The molecule has 0 radical (unpaired) electrons. The lowest BCUT2D eigenvalue weighted by Crippen LogP contribution is -2.19.